The van der Waals surface area contributed by atoms with Gasteiger partial charge in [-0.25, -0.2) is 4.39 Å². The second-order valence-corrected chi connectivity index (χ2v) is 8.00. The second kappa shape index (κ2) is 7.59. The third kappa shape index (κ3) is 3.65. The predicted octanol–water partition coefficient (Wildman–Crippen LogP) is 3.05. The van der Waals surface area contributed by atoms with Gasteiger partial charge in [0.15, 0.2) is 6.10 Å². The highest BCUT2D eigenvalue weighted by atomic mass is 19.1. The first-order valence-electron chi connectivity index (χ1n) is 9.90. The summed E-state index contributed by atoms with van der Waals surface area (Å²) in [6.45, 7) is 1.09. The molecule has 2 aromatic rings. The maximum atomic E-state index is 13.4. The number of hydrogen-bond donors (Lipinski definition) is 0. The van der Waals surface area contributed by atoms with Gasteiger partial charge in [-0.05, 0) is 41.7 Å². The fraction of sp³-hybridized carbons (Fsp3) is 0.391. The molecule has 1 spiro atoms. The Labute approximate surface area is 170 Å². The van der Waals surface area contributed by atoms with Crippen LogP contribution in [0.2, 0.25) is 0 Å². The lowest BCUT2D eigenvalue weighted by Crippen LogP contribution is -2.46. The Balaban J connectivity index is 1.48. The van der Waals surface area contributed by atoms with Crippen molar-refractivity contribution in [2.24, 2.45) is 0 Å². The van der Waals surface area contributed by atoms with Crippen LogP contribution in [0.3, 0.4) is 0 Å². The van der Waals surface area contributed by atoms with E-state index in [1.54, 1.807) is 31.1 Å². The third-order valence-electron chi connectivity index (χ3n) is 5.91. The van der Waals surface area contributed by atoms with Crippen molar-refractivity contribution in [2.45, 2.75) is 31.0 Å². The molecule has 6 heteroatoms. The Hall–Kier alpha value is -2.73. The summed E-state index contributed by atoms with van der Waals surface area (Å²) in [5, 5.41) is 0. The van der Waals surface area contributed by atoms with Gasteiger partial charge in [0.1, 0.15) is 5.82 Å². The molecule has 0 unspecified atom stereocenters. The molecule has 2 aliphatic rings. The first-order valence-corrected chi connectivity index (χ1v) is 9.90. The zero-order valence-corrected chi connectivity index (χ0v) is 16.7. The smallest absolute Gasteiger partial charge is 0.255 e. The summed E-state index contributed by atoms with van der Waals surface area (Å²) in [5.74, 6) is -0.419. The van der Waals surface area contributed by atoms with E-state index in [-0.39, 0.29) is 24.1 Å². The largest absolute Gasteiger partial charge is 0.352 e. The van der Waals surface area contributed by atoms with Crippen molar-refractivity contribution in [1.29, 1.82) is 0 Å². The van der Waals surface area contributed by atoms with E-state index in [1.807, 2.05) is 29.2 Å². The topological polar surface area (TPSA) is 49.9 Å². The van der Waals surface area contributed by atoms with E-state index < -0.39 is 11.7 Å². The molecule has 4 rings (SSSR count). The van der Waals surface area contributed by atoms with Gasteiger partial charge in [0, 0.05) is 27.2 Å². The van der Waals surface area contributed by atoms with Gasteiger partial charge in [-0.2, -0.15) is 0 Å². The monoisotopic (exact) mass is 396 g/mol. The Bertz CT molecular complexity index is 935. The zero-order chi connectivity index (χ0) is 20.6. The van der Waals surface area contributed by atoms with Crippen molar-refractivity contribution in [2.75, 3.05) is 27.2 Å². The molecule has 2 amide bonds. The quantitative estimate of drug-likeness (QED) is 0.801. The van der Waals surface area contributed by atoms with Gasteiger partial charge in [0.05, 0.1) is 12.0 Å². The number of nitrogens with zero attached hydrogens (tertiary/aromatic N) is 2. The Morgan fingerprint density at radius 2 is 1.86 bits per heavy atom. The summed E-state index contributed by atoms with van der Waals surface area (Å²) in [6.07, 6.45) is 0.853. The molecular weight excluding hydrogens is 371 g/mol. The van der Waals surface area contributed by atoms with Crippen LogP contribution in [0.5, 0.6) is 0 Å². The van der Waals surface area contributed by atoms with Crippen molar-refractivity contribution < 1.29 is 18.7 Å². The maximum Gasteiger partial charge on any atom is 0.255 e. The number of likely N-dealkylation sites (tertiary alicyclic amines) is 1. The Kier molecular flexibility index (Phi) is 5.13. The zero-order valence-electron chi connectivity index (χ0n) is 16.7. The van der Waals surface area contributed by atoms with Crippen molar-refractivity contribution >= 4 is 11.8 Å². The summed E-state index contributed by atoms with van der Waals surface area (Å²) in [5.41, 5.74) is 2.11. The van der Waals surface area contributed by atoms with Crippen molar-refractivity contribution in [3.05, 3.63) is 71.0 Å². The fourth-order valence-electron chi connectivity index (χ4n) is 4.35. The highest BCUT2D eigenvalue weighted by Gasteiger charge is 2.49. The van der Waals surface area contributed by atoms with Gasteiger partial charge in [-0.3, -0.25) is 9.59 Å². The number of hydrogen-bond acceptors (Lipinski definition) is 3. The number of carbonyl (C=O) groups is 2. The van der Waals surface area contributed by atoms with Gasteiger partial charge in [-0.1, -0.05) is 36.4 Å². The average molecular weight is 396 g/mol. The summed E-state index contributed by atoms with van der Waals surface area (Å²) < 4.78 is 19.8. The maximum absolute atomic E-state index is 13.4. The van der Waals surface area contributed by atoms with Crippen molar-refractivity contribution in [3.8, 4) is 0 Å². The van der Waals surface area contributed by atoms with Crippen molar-refractivity contribution in [3.63, 3.8) is 0 Å². The molecule has 2 aliphatic heterocycles. The number of likely N-dealkylation sites (N-methyl/N-ethyl adjacent to an activating group) is 1. The number of rotatable bonds is 3. The average Bonchev–Trinajstić information content (AvgIpc) is 3.02. The lowest BCUT2D eigenvalue weighted by Gasteiger charge is -2.39. The fourth-order valence-corrected chi connectivity index (χ4v) is 4.35. The number of halogens is 1. The molecule has 0 saturated carbocycles. The van der Waals surface area contributed by atoms with Crippen LogP contribution in [-0.4, -0.2) is 48.8 Å². The highest BCUT2D eigenvalue weighted by Crippen LogP contribution is 2.49. The Morgan fingerprint density at radius 1 is 1.14 bits per heavy atom. The van der Waals surface area contributed by atoms with Crippen LogP contribution >= 0.6 is 0 Å². The van der Waals surface area contributed by atoms with Gasteiger partial charge in [0.2, 0.25) is 5.91 Å². The van der Waals surface area contributed by atoms with Gasteiger partial charge in [0.25, 0.3) is 5.91 Å². The molecule has 5 nitrogen and oxygen atoms in total. The summed E-state index contributed by atoms with van der Waals surface area (Å²) in [6, 6.07) is 14.0. The molecule has 2 heterocycles. The predicted molar refractivity (Wildman–Crippen MR) is 107 cm³/mol. The Morgan fingerprint density at radius 3 is 2.55 bits per heavy atom. The lowest BCUT2D eigenvalue weighted by molar-refractivity contribution is -0.161. The number of carbonyl (C=O) groups excluding carboxylic acids is 2. The molecule has 0 aromatic heterocycles. The van der Waals surface area contributed by atoms with Crippen LogP contribution in [0.25, 0.3) is 0 Å². The van der Waals surface area contributed by atoms with Gasteiger partial charge in [-0.15, -0.1) is 0 Å². The van der Waals surface area contributed by atoms with Crippen LogP contribution < -0.4 is 0 Å². The molecule has 29 heavy (non-hydrogen) atoms. The SMILES string of the molecule is CN(C)C(=O)[C@@H]1OC2(CCN(C(=O)Cc3cccc(F)c3)CC2)c2ccccc21. The van der Waals surface area contributed by atoms with Crippen LogP contribution in [0, 0.1) is 5.82 Å². The van der Waals surface area contributed by atoms with E-state index in [2.05, 4.69) is 0 Å². The van der Waals surface area contributed by atoms with Gasteiger partial charge >= 0.3 is 0 Å². The number of benzene rings is 2. The molecule has 0 radical (unpaired) electrons. The van der Waals surface area contributed by atoms with E-state index in [1.165, 1.54) is 12.1 Å². The number of ether oxygens (including phenoxy) is 1. The highest BCUT2D eigenvalue weighted by molar-refractivity contribution is 5.83. The van der Waals surface area contributed by atoms with E-state index in [4.69, 9.17) is 4.74 Å². The summed E-state index contributed by atoms with van der Waals surface area (Å²) in [7, 11) is 3.46. The second-order valence-electron chi connectivity index (χ2n) is 8.00. The van der Waals surface area contributed by atoms with Crippen LogP contribution in [0.1, 0.15) is 35.6 Å². The first kappa shape index (κ1) is 19.6. The van der Waals surface area contributed by atoms with E-state index >= 15 is 0 Å². The van der Waals surface area contributed by atoms with Crippen LogP contribution in [-0.2, 0) is 26.3 Å². The van der Waals surface area contributed by atoms with Crippen LogP contribution in [0.4, 0.5) is 4.39 Å². The molecule has 152 valence electrons. The molecule has 1 atom stereocenters. The normalized spacial score (nSPS) is 19.8. The number of fused-ring (bicyclic) bond motifs is 2. The molecule has 1 fully saturated rings. The third-order valence-corrected chi connectivity index (χ3v) is 5.91. The standard InChI is InChI=1S/C23H25FN2O3/c1-25(2)22(28)21-18-8-3-4-9-19(18)23(29-21)10-12-26(13-11-23)20(27)15-16-6-5-7-17(24)14-16/h3-9,14,21H,10-13,15H2,1-2H3/t21-/m1/s1. The van der Waals surface area contributed by atoms with Crippen LogP contribution in [0.15, 0.2) is 48.5 Å². The molecule has 0 N–H and O–H groups in total. The first-order chi connectivity index (χ1) is 13.9. The number of amides is 2. The number of piperidine rings is 1. The van der Waals surface area contributed by atoms with E-state index in [0.29, 0.717) is 31.5 Å². The molecule has 2 aromatic carbocycles. The van der Waals surface area contributed by atoms with E-state index in [0.717, 1.165) is 11.1 Å². The molecule has 1 saturated heterocycles. The lowest BCUT2D eigenvalue weighted by atomic mass is 9.83. The summed E-state index contributed by atoms with van der Waals surface area (Å²) in [4.78, 5) is 28.7. The molecule has 0 aliphatic carbocycles. The summed E-state index contributed by atoms with van der Waals surface area (Å²) >= 11 is 0. The van der Waals surface area contributed by atoms with Gasteiger partial charge < -0.3 is 14.5 Å². The molecular formula is C23H25FN2O3. The van der Waals surface area contributed by atoms with Crippen molar-refractivity contribution in [1.82, 2.24) is 9.80 Å². The minimum Gasteiger partial charge on any atom is -0.352 e. The van der Waals surface area contributed by atoms with E-state index in [9.17, 15) is 14.0 Å². The molecule has 0 bridgehead atoms. The minimum absolute atomic E-state index is 0.0161. The minimum atomic E-state index is -0.601.